The van der Waals surface area contributed by atoms with Gasteiger partial charge in [0.05, 0.1) is 17.2 Å². The highest BCUT2D eigenvalue weighted by Gasteiger charge is 2.10. The average molecular weight is 289 g/mol. The summed E-state index contributed by atoms with van der Waals surface area (Å²) < 4.78 is 2.96. The van der Waals surface area contributed by atoms with E-state index < -0.39 is 0 Å². The van der Waals surface area contributed by atoms with Gasteiger partial charge in [0.2, 0.25) is 0 Å². The Hall–Kier alpha value is -1.75. The molecule has 5 heteroatoms. The lowest BCUT2D eigenvalue weighted by atomic mass is 10.3. The van der Waals surface area contributed by atoms with Crippen molar-refractivity contribution in [2.75, 3.05) is 0 Å². The van der Waals surface area contributed by atoms with Crippen molar-refractivity contribution in [1.29, 1.82) is 0 Å². The summed E-state index contributed by atoms with van der Waals surface area (Å²) in [6.45, 7) is 0. The van der Waals surface area contributed by atoms with Crippen molar-refractivity contribution in [3.8, 4) is 11.5 Å². The molecular formula is C12H9BrN4. The number of aryl methyl sites for hydroxylation is 1. The maximum Gasteiger partial charge on any atom is 0.159 e. The number of pyridine rings is 2. The van der Waals surface area contributed by atoms with Gasteiger partial charge in [-0.15, -0.1) is 0 Å². The van der Waals surface area contributed by atoms with Gasteiger partial charge in [-0.3, -0.25) is 9.97 Å². The van der Waals surface area contributed by atoms with Gasteiger partial charge in [0.15, 0.2) is 5.82 Å². The summed E-state index contributed by atoms with van der Waals surface area (Å²) >= 11 is 3.37. The van der Waals surface area contributed by atoms with Crippen molar-refractivity contribution in [3.63, 3.8) is 0 Å². The molecule has 0 N–H and O–H groups in total. The molecule has 3 rings (SSSR count). The fraction of sp³-hybridized carbons (Fsp3) is 0.0833. The second kappa shape index (κ2) is 3.92. The van der Waals surface area contributed by atoms with Crippen LogP contribution >= 0.6 is 15.9 Å². The maximum absolute atomic E-state index is 4.56. The molecule has 3 heterocycles. The molecule has 0 unspecified atom stereocenters. The molecule has 4 nitrogen and oxygen atoms in total. The van der Waals surface area contributed by atoms with Crippen molar-refractivity contribution in [2.24, 2.45) is 7.05 Å². The molecule has 0 amide bonds. The Labute approximate surface area is 106 Å². The highest BCUT2D eigenvalue weighted by atomic mass is 79.9. The molecular weight excluding hydrogens is 280 g/mol. The molecule has 0 aliphatic carbocycles. The molecule has 0 fully saturated rings. The van der Waals surface area contributed by atoms with Gasteiger partial charge in [0.25, 0.3) is 0 Å². The first kappa shape index (κ1) is 10.4. The van der Waals surface area contributed by atoms with Crippen LogP contribution in [0.5, 0.6) is 0 Å². The first-order chi connectivity index (χ1) is 8.25. The zero-order chi connectivity index (χ0) is 11.8. The zero-order valence-corrected chi connectivity index (χ0v) is 10.7. The number of hydrogen-bond donors (Lipinski definition) is 0. The number of imidazole rings is 1. The van der Waals surface area contributed by atoms with E-state index in [1.54, 1.807) is 12.4 Å². The lowest BCUT2D eigenvalue weighted by molar-refractivity contribution is 0.947. The van der Waals surface area contributed by atoms with E-state index in [1.165, 1.54) is 0 Å². The van der Waals surface area contributed by atoms with Crippen LogP contribution < -0.4 is 0 Å². The second-order valence-electron chi connectivity index (χ2n) is 3.72. The molecule has 0 saturated carbocycles. The monoisotopic (exact) mass is 288 g/mol. The van der Waals surface area contributed by atoms with E-state index in [4.69, 9.17) is 0 Å². The lowest BCUT2D eigenvalue weighted by Gasteiger charge is -2.01. The predicted molar refractivity (Wildman–Crippen MR) is 69.4 cm³/mol. The molecule has 84 valence electrons. The Bertz CT molecular complexity index is 673. The number of hydrogen-bond acceptors (Lipinski definition) is 3. The van der Waals surface area contributed by atoms with Crippen LogP contribution in [-0.2, 0) is 7.05 Å². The summed E-state index contributed by atoms with van der Waals surface area (Å²) in [4.78, 5) is 13.0. The van der Waals surface area contributed by atoms with E-state index in [2.05, 4.69) is 30.9 Å². The van der Waals surface area contributed by atoms with Crippen LogP contribution in [0.1, 0.15) is 0 Å². The van der Waals surface area contributed by atoms with Crippen LogP contribution in [-0.4, -0.2) is 19.5 Å². The first-order valence-electron chi connectivity index (χ1n) is 5.14. The SMILES string of the molecule is Cn1c(-c2ccc(Br)cn2)nc2ccncc21. The average Bonchev–Trinajstić information content (AvgIpc) is 2.69. The lowest BCUT2D eigenvalue weighted by Crippen LogP contribution is -1.94. The van der Waals surface area contributed by atoms with E-state index >= 15 is 0 Å². The first-order valence-corrected chi connectivity index (χ1v) is 5.93. The summed E-state index contributed by atoms with van der Waals surface area (Å²) in [5, 5.41) is 0. The molecule has 0 aliphatic heterocycles. The summed E-state index contributed by atoms with van der Waals surface area (Å²) in [7, 11) is 1.97. The van der Waals surface area contributed by atoms with Gasteiger partial charge >= 0.3 is 0 Å². The quantitative estimate of drug-likeness (QED) is 0.692. The Kier molecular flexibility index (Phi) is 2.40. The third kappa shape index (κ3) is 1.72. The minimum Gasteiger partial charge on any atom is -0.325 e. The summed E-state index contributed by atoms with van der Waals surface area (Å²) in [5.41, 5.74) is 2.79. The predicted octanol–water partition coefficient (Wildman–Crippen LogP) is 2.79. The van der Waals surface area contributed by atoms with Crippen LogP contribution in [0, 0.1) is 0 Å². The topological polar surface area (TPSA) is 43.6 Å². The Morgan fingerprint density at radius 2 is 2.06 bits per heavy atom. The van der Waals surface area contributed by atoms with Gasteiger partial charge < -0.3 is 4.57 Å². The van der Waals surface area contributed by atoms with Crippen LogP contribution in [0.2, 0.25) is 0 Å². The van der Waals surface area contributed by atoms with E-state index in [1.807, 2.05) is 36.0 Å². The number of aromatic nitrogens is 4. The fourth-order valence-electron chi connectivity index (χ4n) is 1.77. The molecule has 0 bridgehead atoms. The smallest absolute Gasteiger partial charge is 0.159 e. The Morgan fingerprint density at radius 1 is 1.18 bits per heavy atom. The van der Waals surface area contributed by atoms with Crippen molar-refractivity contribution in [2.45, 2.75) is 0 Å². The standard InChI is InChI=1S/C12H9BrN4/c1-17-11-7-14-5-4-9(11)16-12(17)10-3-2-8(13)6-15-10/h2-7H,1H3. The fourth-order valence-corrected chi connectivity index (χ4v) is 2.01. The maximum atomic E-state index is 4.56. The van der Waals surface area contributed by atoms with Crippen LogP contribution in [0.4, 0.5) is 0 Å². The van der Waals surface area contributed by atoms with Crippen molar-refractivity contribution < 1.29 is 0 Å². The number of nitrogens with zero attached hydrogens (tertiary/aromatic N) is 4. The minimum atomic E-state index is 0.848. The van der Waals surface area contributed by atoms with Crippen molar-refractivity contribution >= 4 is 27.0 Å². The normalized spacial score (nSPS) is 10.9. The van der Waals surface area contributed by atoms with Gasteiger partial charge in [-0.2, -0.15) is 0 Å². The molecule has 0 aromatic carbocycles. The minimum absolute atomic E-state index is 0.848. The summed E-state index contributed by atoms with van der Waals surface area (Å²) in [6, 6.07) is 5.80. The van der Waals surface area contributed by atoms with Crippen molar-refractivity contribution in [3.05, 3.63) is 41.3 Å². The van der Waals surface area contributed by atoms with Crippen LogP contribution in [0.25, 0.3) is 22.6 Å². The van der Waals surface area contributed by atoms with Crippen LogP contribution in [0.15, 0.2) is 41.3 Å². The third-order valence-electron chi connectivity index (χ3n) is 2.64. The molecule has 0 spiro atoms. The summed E-state index contributed by atoms with van der Waals surface area (Å²) in [6.07, 6.45) is 5.33. The molecule has 0 atom stereocenters. The van der Waals surface area contributed by atoms with Gasteiger partial charge in [-0.25, -0.2) is 4.98 Å². The van der Waals surface area contributed by atoms with E-state index in [0.717, 1.165) is 27.0 Å². The van der Waals surface area contributed by atoms with Gasteiger partial charge in [0, 0.05) is 23.9 Å². The highest BCUT2D eigenvalue weighted by Crippen LogP contribution is 2.22. The van der Waals surface area contributed by atoms with E-state index in [0.29, 0.717) is 0 Å². The second-order valence-corrected chi connectivity index (χ2v) is 4.64. The third-order valence-corrected chi connectivity index (χ3v) is 3.11. The van der Waals surface area contributed by atoms with Gasteiger partial charge in [-0.05, 0) is 34.1 Å². The molecule has 0 saturated heterocycles. The highest BCUT2D eigenvalue weighted by molar-refractivity contribution is 9.10. The van der Waals surface area contributed by atoms with Gasteiger partial charge in [-0.1, -0.05) is 0 Å². The molecule has 0 radical (unpaired) electrons. The Balaban J connectivity index is 2.24. The number of rotatable bonds is 1. The van der Waals surface area contributed by atoms with E-state index in [9.17, 15) is 0 Å². The summed E-state index contributed by atoms with van der Waals surface area (Å²) in [5.74, 6) is 0.848. The Morgan fingerprint density at radius 3 is 2.76 bits per heavy atom. The number of fused-ring (bicyclic) bond motifs is 1. The molecule has 3 aromatic rings. The largest absolute Gasteiger partial charge is 0.325 e. The number of halogens is 1. The van der Waals surface area contributed by atoms with E-state index in [-0.39, 0.29) is 0 Å². The molecule has 3 aromatic heterocycles. The molecule has 17 heavy (non-hydrogen) atoms. The van der Waals surface area contributed by atoms with Gasteiger partial charge in [0.1, 0.15) is 5.69 Å². The zero-order valence-electron chi connectivity index (χ0n) is 9.13. The van der Waals surface area contributed by atoms with Crippen molar-refractivity contribution in [1.82, 2.24) is 19.5 Å². The molecule has 0 aliphatic rings. The van der Waals surface area contributed by atoms with Crippen LogP contribution in [0.3, 0.4) is 0 Å².